The molecule has 2 heterocycles. The molecule has 0 saturated heterocycles. The van der Waals surface area contributed by atoms with Crippen LogP contribution in [0.25, 0.3) is 0 Å². The number of carbonyl (C=O) groups excluding carboxylic acids is 1. The van der Waals surface area contributed by atoms with Crippen LogP contribution in [-0.2, 0) is 18.3 Å². The van der Waals surface area contributed by atoms with Gasteiger partial charge in [-0.25, -0.2) is 9.78 Å². The number of pyridine rings is 1. The van der Waals surface area contributed by atoms with Crippen molar-refractivity contribution in [1.82, 2.24) is 19.9 Å². The molecule has 0 aromatic carbocycles. The van der Waals surface area contributed by atoms with Gasteiger partial charge < -0.3 is 20.0 Å². The summed E-state index contributed by atoms with van der Waals surface area (Å²) in [4.78, 5) is 41.2. The molecule has 0 bridgehead atoms. The Bertz CT molecular complexity index is 705. The standard InChI is InChI=1S/C13H14N4O4/c1-17-3-2-8(4-11(17)18)12(19)16-10(13(20)21)5-9-6-14-7-15-9/h2-4,6-7,10H,5H2,1H3,(H,14,15)(H,16,19)(H,20,21)/t10-/m1/s1. The third-order valence-corrected chi connectivity index (χ3v) is 2.95. The minimum atomic E-state index is -1.17. The van der Waals surface area contributed by atoms with Crippen LogP contribution in [0, 0.1) is 0 Å². The van der Waals surface area contributed by atoms with E-state index in [1.54, 1.807) is 7.05 Å². The molecule has 0 fully saturated rings. The Balaban J connectivity index is 2.12. The fourth-order valence-corrected chi connectivity index (χ4v) is 1.75. The van der Waals surface area contributed by atoms with E-state index >= 15 is 0 Å². The highest BCUT2D eigenvalue weighted by molar-refractivity contribution is 5.96. The van der Waals surface area contributed by atoms with Crippen molar-refractivity contribution >= 4 is 11.9 Å². The number of rotatable bonds is 5. The van der Waals surface area contributed by atoms with Crippen LogP contribution in [0.5, 0.6) is 0 Å². The summed E-state index contributed by atoms with van der Waals surface area (Å²) in [6.45, 7) is 0. The lowest BCUT2D eigenvalue weighted by atomic mass is 10.1. The highest BCUT2D eigenvalue weighted by atomic mass is 16.4. The fourth-order valence-electron chi connectivity index (χ4n) is 1.75. The second-order valence-electron chi connectivity index (χ2n) is 4.51. The van der Waals surface area contributed by atoms with Gasteiger partial charge in [0.25, 0.3) is 11.5 Å². The molecule has 2 rings (SSSR count). The molecule has 0 saturated carbocycles. The number of carboxylic acid groups (broad SMARTS) is 1. The van der Waals surface area contributed by atoms with Gasteiger partial charge in [-0.3, -0.25) is 9.59 Å². The maximum Gasteiger partial charge on any atom is 0.326 e. The number of nitrogens with one attached hydrogen (secondary N) is 2. The molecule has 0 unspecified atom stereocenters. The van der Waals surface area contributed by atoms with Gasteiger partial charge in [0.2, 0.25) is 0 Å². The molecule has 0 aliphatic rings. The first kappa shape index (κ1) is 14.5. The van der Waals surface area contributed by atoms with Gasteiger partial charge in [-0.15, -0.1) is 0 Å². The molecule has 0 spiro atoms. The lowest BCUT2D eigenvalue weighted by Gasteiger charge is -2.13. The third-order valence-electron chi connectivity index (χ3n) is 2.95. The number of H-pyrrole nitrogens is 1. The van der Waals surface area contributed by atoms with Crippen molar-refractivity contribution in [1.29, 1.82) is 0 Å². The summed E-state index contributed by atoms with van der Waals surface area (Å²) in [5.41, 5.74) is 0.365. The maximum atomic E-state index is 12.0. The Kier molecular flexibility index (Phi) is 4.17. The Hall–Kier alpha value is -2.90. The van der Waals surface area contributed by atoms with Gasteiger partial charge in [0, 0.05) is 43.2 Å². The number of carbonyl (C=O) groups is 2. The van der Waals surface area contributed by atoms with Gasteiger partial charge >= 0.3 is 5.97 Å². The lowest BCUT2D eigenvalue weighted by Crippen LogP contribution is -2.42. The first-order valence-corrected chi connectivity index (χ1v) is 6.15. The van der Waals surface area contributed by atoms with E-state index in [1.807, 2.05) is 0 Å². The zero-order chi connectivity index (χ0) is 15.4. The van der Waals surface area contributed by atoms with E-state index in [1.165, 1.54) is 29.4 Å². The van der Waals surface area contributed by atoms with E-state index in [9.17, 15) is 14.4 Å². The number of carboxylic acids is 1. The van der Waals surface area contributed by atoms with Gasteiger partial charge in [-0.2, -0.15) is 0 Å². The normalized spacial score (nSPS) is 11.9. The van der Waals surface area contributed by atoms with E-state index in [4.69, 9.17) is 5.11 Å². The zero-order valence-corrected chi connectivity index (χ0v) is 11.2. The zero-order valence-electron chi connectivity index (χ0n) is 11.2. The summed E-state index contributed by atoms with van der Waals surface area (Å²) in [5, 5.41) is 11.5. The number of hydrogen-bond acceptors (Lipinski definition) is 4. The van der Waals surface area contributed by atoms with E-state index in [0.717, 1.165) is 6.07 Å². The topological polar surface area (TPSA) is 117 Å². The summed E-state index contributed by atoms with van der Waals surface area (Å²) in [6.07, 6.45) is 4.44. The first-order chi connectivity index (χ1) is 9.97. The average Bonchev–Trinajstić information content (AvgIpc) is 2.93. The summed E-state index contributed by atoms with van der Waals surface area (Å²) in [6, 6.07) is 1.50. The summed E-state index contributed by atoms with van der Waals surface area (Å²) in [5.74, 6) is -1.78. The quantitative estimate of drug-likeness (QED) is 0.688. The molecule has 0 radical (unpaired) electrons. The monoisotopic (exact) mass is 290 g/mol. The number of amides is 1. The third kappa shape index (κ3) is 3.56. The molecule has 21 heavy (non-hydrogen) atoms. The van der Waals surface area contributed by atoms with Crippen molar-refractivity contribution in [3.63, 3.8) is 0 Å². The van der Waals surface area contributed by atoms with Crippen LogP contribution >= 0.6 is 0 Å². The molecule has 8 heteroatoms. The lowest BCUT2D eigenvalue weighted by molar-refractivity contribution is -0.139. The molecular formula is C13H14N4O4. The minimum absolute atomic E-state index is 0.0753. The number of aliphatic carboxylic acids is 1. The van der Waals surface area contributed by atoms with Crippen molar-refractivity contribution in [3.05, 3.63) is 52.5 Å². The van der Waals surface area contributed by atoms with Crippen LogP contribution in [0.2, 0.25) is 0 Å². The van der Waals surface area contributed by atoms with Gasteiger partial charge in [0.05, 0.1) is 6.33 Å². The van der Waals surface area contributed by atoms with E-state index in [0.29, 0.717) is 5.69 Å². The molecular weight excluding hydrogens is 276 g/mol. The molecule has 0 aliphatic heterocycles. The summed E-state index contributed by atoms with van der Waals surface area (Å²) >= 11 is 0. The number of hydrogen-bond donors (Lipinski definition) is 3. The molecule has 2 aromatic heterocycles. The molecule has 3 N–H and O–H groups in total. The van der Waals surface area contributed by atoms with Crippen LogP contribution in [0.15, 0.2) is 35.6 Å². The second-order valence-corrected chi connectivity index (χ2v) is 4.51. The number of aryl methyl sites for hydroxylation is 1. The highest BCUT2D eigenvalue weighted by Crippen LogP contribution is 2.01. The molecule has 0 aliphatic carbocycles. The van der Waals surface area contributed by atoms with Crippen molar-refractivity contribution in [2.75, 3.05) is 0 Å². The predicted molar refractivity (Wildman–Crippen MR) is 72.9 cm³/mol. The van der Waals surface area contributed by atoms with Crippen LogP contribution < -0.4 is 10.9 Å². The van der Waals surface area contributed by atoms with Crippen molar-refractivity contribution in [3.8, 4) is 0 Å². The van der Waals surface area contributed by atoms with Crippen LogP contribution in [0.1, 0.15) is 16.1 Å². The first-order valence-electron chi connectivity index (χ1n) is 6.15. The van der Waals surface area contributed by atoms with Crippen molar-refractivity contribution < 1.29 is 14.7 Å². The van der Waals surface area contributed by atoms with Crippen LogP contribution in [0.3, 0.4) is 0 Å². The Morgan fingerprint density at radius 1 is 1.52 bits per heavy atom. The van der Waals surface area contributed by atoms with Gasteiger partial charge in [-0.1, -0.05) is 0 Å². The van der Waals surface area contributed by atoms with Crippen LogP contribution in [0.4, 0.5) is 0 Å². The molecule has 1 atom stereocenters. The van der Waals surface area contributed by atoms with Crippen molar-refractivity contribution in [2.24, 2.45) is 7.05 Å². The molecule has 8 nitrogen and oxygen atoms in total. The van der Waals surface area contributed by atoms with E-state index in [-0.39, 0.29) is 17.5 Å². The van der Waals surface area contributed by atoms with Gasteiger partial charge in [0.1, 0.15) is 6.04 Å². The molecule has 1 amide bonds. The average molecular weight is 290 g/mol. The van der Waals surface area contributed by atoms with E-state index < -0.39 is 17.9 Å². The second kappa shape index (κ2) is 6.04. The number of aromatic amines is 1. The number of aromatic nitrogens is 3. The molecule has 110 valence electrons. The van der Waals surface area contributed by atoms with Crippen LogP contribution in [-0.4, -0.2) is 37.6 Å². The van der Waals surface area contributed by atoms with Crippen molar-refractivity contribution in [2.45, 2.75) is 12.5 Å². The fraction of sp³-hybridized carbons (Fsp3) is 0.231. The number of imidazole rings is 1. The van der Waals surface area contributed by atoms with Gasteiger partial charge in [-0.05, 0) is 6.07 Å². The van der Waals surface area contributed by atoms with Gasteiger partial charge in [0.15, 0.2) is 0 Å². The largest absolute Gasteiger partial charge is 0.480 e. The summed E-state index contributed by atoms with van der Waals surface area (Å²) < 4.78 is 1.32. The highest BCUT2D eigenvalue weighted by Gasteiger charge is 2.21. The minimum Gasteiger partial charge on any atom is -0.480 e. The predicted octanol–water partition coefficient (Wildman–Crippen LogP) is -0.466. The number of nitrogens with zero attached hydrogens (tertiary/aromatic N) is 2. The SMILES string of the molecule is Cn1ccc(C(=O)N[C@H](Cc2cnc[nH]2)C(=O)O)cc1=O. The summed E-state index contributed by atoms with van der Waals surface area (Å²) in [7, 11) is 1.56. The maximum absolute atomic E-state index is 12.0. The Morgan fingerprint density at radius 3 is 2.86 bits per heavy atom. The van der Waals surface area contributed by atoms with E-state index in [2.05, 4.69) is 15.3 Å². The smallest absolute Gasteiger partial charge is 0.326 e. The molecule has 2 aromatic rings. The Morgan fingerprint density at radius 2 is 2.29 bits per heavy atom. The Labute approximate surface area is 119 Å².